The number of thiophene rings is 1. The van der Waals surface area contributed by atoms with Gasteiger partial charge >= 0.3 is 0 Å². The normalized spacial score (nSPS) is 19.5. The lowest BCUT2D eigenvalue weighted by Gasteiger charge is -2.33. The summed E-state index contributed by atoms with van der Waals surface area (Å²) in [6.45, 7) is 4.32. The predicted molar refractivity (Wildman–Crippen MR) is 75.6 cm³/mol. The quantitative estimate of drug-likeness (QED) is 0.859. The van der Waals surface area contributed by atoms with Crippen LogP contribution in [0.25, 0.3) is 0 Å². The Hall–Kier alpha value is -0.470. The van der Waals surface area contributed by atoms with Gasteiger partial charge in [-0.05, 0) is 24.3 Å². The SMILES string of the molecule is CC1(CNS(=O)(=O)c2csc(CN)c2)CCOCC1. The van der Waals surface area contributed by atoms with E-state index in [0.29, 0.717) is 31.2 Å². The van der Waals surface area contributed by atoms with E-state index in [2.05, 4.69) is 11.6 Å². The minimum Gasteiger partial charge on any atom is -0.381 e. The first-order chi connectivity index (χ1) is 8.95. The Labute approximate surface area is 118 Å². The molecule has 2 rings (SSSR count). The Morgan fingerprint density at radius 1 is 1.47 bits per heavy atom. The van der Waals surface area contributed by atoms with Gasteiger partial charge in [0.15, 0.2) is 0 Å². The molecule has 1 fully saturated rings. The van der Waals surface area contributed by atoms with E-state index in [0.717, 1.165) is 17.7 Å². The van der Waals surface area contributed by atoms with Gasteiger partial charge in [0, 0.05) is 36.6 Å². The lowest BCUT2D eigenvalue weighted by molar-refractivity contribution is 0.0265. The minimum atomic E-state index is -3.42. The standard InChI is InChI=1S/C12H20N2O3S2/c1-12(2-4-17-5-3-12)9-14-19(15,16)11-6-10(7-13)18-8-11/h6,8,14H,2-5,7,9,13H2,1H3. The maximum Gasteiger partial charge on any atom is 0.241 e. The Kier molecular flexibility index (Phi) is 4.62. The van der Waals surface area contributed by atoms with Gasteiger partial charge in [0.25, 0.3) is 0 Å². The van der Waals surface area contributed by atoms with Crippen LogP contribution in [0.4, 0.5) is 0 Å². The highest BCUT2D eigenvalue weighted by Gasteiger charge is 2.29. The molecule has 1 saturated heterocycles. The summed E-state index contributed by atoms with van der Waals surface area (Å²) in [4.78, 5) is 1.19. The molecule has 0 aliphatic carbocycles. The second-order valence-electron chi connectivity index (χ2n) is 5.20. The van der Waals surface area contributed by atoms with E-state index < -0.39 is 10.0 Å². The molecular formula is C12H20N2O3S2. The molecule has 0 unspecified atom stereocenters. The van der Waals surface area contributed by atoms with Crippen LogP contribution in [-0.4, -0.2) is 28.2 Å². The third-order valence-electron chi connectivity index (χ3n) is 3.53. The van der Waals surface area contributed by atoms with Crippen LogP contribution in [0.3, 0.4) is 0 Å². The van der Waals surface area contributed by atoms with Crippen LogP contribution in [0.15, 0.2) is 16.3 Å². The first-order valence-corrected chi connectivity index (χ1v) is 8.66. The first kappa shape index (κ1) is 14.9. The smallest absolute Gasteiger partial charge is 0.241 e. The second kappa shape index (κ2) is 5.88. The minimum absolute atomic E-state index is 0.0158. The molecule has 0 amide bonds. The van der Waals surface area contributed by atoms with Crippen molar-refractivity contribution in [1.29, 1.82) is 0 Å². The molecule has 5 nitrogen and oxygen atoms in total. The molecule has 1 aliphatic rings. The zero-order valence-corrected chi connectivity index (χ0v) is 12.6. The molecule has 1 aliphatic heterocycles. The predicted octanol–water partition coefficient (Wildman–Crippen LogP) is 1.30. The highest BCUT2D eigenvalue weighted by molar-refractivity contribution is 7.89. The van der Waals surface area contributed by atoms with Crippen molar-refractivity contribution in [2.24, 2.45) is 11.1 Å². The molecular weight excluding hydrogens is 284 g/mol. The Balaban J connectivity index is 2.01. The number of nitrogens with one attached hydrogen (secondary N) is 1. The molecule has 0 radical (unpaired) electrons. The summed E-state index contributed by atoms with van der Waals surface area (Å²) in [5, 5.41) is 1.64. The van der Waals surface area contributed by atoms with E-state index in [1.54, 1.807) is 11.4 Å². The zero-order chi connectivity index (χ0) is 13.9. The summed E-state index contributed by atoms with van der Waals surface area (Å²) >= 11 is 1.37. The van der Waals surface area contributed by atoms with Crippen molar-refractivity contribution in [3.63, 3.8) is 0 Å². The van der Waals surface area contributed by atoms with Crippen LogP contribution in [0.5, 0.6) is 0 Å². The van der Waals surface area contributed by atoms with E-state index in [1.807, 2.05) is 0 Å². The van der Waals surface area contributed by atoms with Crippen LogP contribution >= 0.6 is 11.3 Å². The molecule has 0 atom stereocenters. The molecule has 2 heterocycles. The van der Waals surface area contributed by atoms with Crippen molar-refractivity contribution in [1.82, 2.24) is 4.72 Å². The Morgan fingerprint density at radius 2 is 2.16 bits per heavy atom. The monoisotopic (exact) mass is 304 g/mol. The molecule has 7 heteroatoms. The molecule has 1 aromatic rings. The molecule has 108 valence electrons. The van der Waals surface area contributed by atoms with Crippen molar-refractivity contribution >= 4 is 21.4 Å². The van der Waals surface area contributed by atoms with E-state index in [9.17, 15) is 8.42 Å². The molecule has 3 N–H and O–H groups in total. The van der Waals surface area contributed by atoms with Gasteiger partial charge in [0.1, 0.15) is 0 Å². The Morgan fingerprint density at radius 3 is 2.74 bits per heavy atom. The Bertz CT molecular complexity index is 519. The average Bonchev–Trinajstić information content (AvgIpc) is 2.87. The van der Waals surface area contributed by atoms with Gasteiger partial charge in [-0.2, -0.15) is 0 Å². The molecule has 0 aromatic carbocycles. The molecule has 0 spiro atoms. The average molecular weight is 304 g/mol. The highest BCUT2D eigenvalue weighted by Crippen LogP contribution is 2.29. The number of ether oxygens (including phenoxy) is 1. The number of rotatable bonds is 5. The lowest BCUT2D eigenvalue weighted by atomic mass is 9.83. The molecule has 0 saturated carbocycles. The van der Waals surface area contributed by atoms with Crippen LogP contribution < -0.4 is 10.5 Å². The van der Waals surface area contributed by atoms with Crippen LogP contribution in [0, 0.1) is 5.41 Å². The number of sulfonamides is 1. The van der Waals surface area contributed by atoms with Crippen LogP contribution in [-0.2, 0) is 21.3 Å². The van der Waals surface area contributed by atoms with Crippen molar-refractivity contribution < 1.29 is 13.2 Å². The molecule has 0 bridgehead atoms. The summed E-state index contributed by atoms with van der Waals surface area (Å²) in [6.07, 6.45) is 1.76. The number of hydrogen-bond donors (Lipinski definition) is 2. The van der Waals surface area contributed by atoms with Gasteiger partial charge in [0.05, 0.1) is 4.90 Å². The highest BCUT2D eigenvalue weighted by atomic mass is 32.2. The third-order valence-corrected chi connectivity index (χ3v) is 6.02. The topological polar surface area (TPSA) is 81.4 Å². The van der Waals surface area contributed by atoms with E-state index in [1.165, 1.54) is 11.3 Å². The van der Waals surface area contributed by atoms with Crippen LogP contribution in [0.1, 0.15) is 24.6 Å². The first-order valence-electron chi connectivity index (χ1n) is 6.30. The van der Waals surface area contributed by atoms with E-state index in [-0.39, 0.29) is 5.41 Å². The summed E-state index contributed by atoms with van der Waals surface area (Å²) in [7, 11) is -3.42. The third kappa shape index (κ3) is 3.76. The van der Waals surface area contributed by atoms with Crippen molar-refractivity contribution in [2.75, 3.05) is 19.8 Å². The second-order valence-corrected chi connectivity index (χ2v) is 7.96. The fraction of sp³-hybridized carbons (Fsp3) is 0.667. The zero-order valence-electron chi connectivity index (χ0n) is 11.0. The largest absolute Gasteiger partial charge is 0.381 e. The maximum atomic E-state index is 12.2. The summed E-state index contributed by atoms with van der Waals surface area (Å²) in [6, 6.07) is 1.64. The summed E-state index contributed by atoms with van der Waals surface area (Å²) in [5.74, 6) is 0. The van der Waals surface area contributed by atoms with Crippen LogP contribution in [0.2, 0.25) is 0 Å². The van der Waals surface area contributed by atoms with Gasteiger partial charge in [0.2, 0.25) is 10.0 Å². The van der Waals surface area contributed by atoms with Crippen molar-refractivity contribution in [3.05, 3.63) is 16.3 Å². The van der Waals surface area contributed by atoms with Gasteiger partial charge < -0.3 is 10.5 Å². The van der Waals surface area contributed by atoms with Crippen molar-refractivity contribution in [2.45, 2.75) is 31.2 Å². The van der Waals surface area contributed by atoms with Gasteiger partial charge in [-0.15, -0.1) is 11.3 Å². The fourth-order valence-electron chi connectivity index (χ4n) is 2.00. The fourth-order valence-corrected chi connectivity index (χ4v) is 4.36. The molecule has 19 heavy (non-hydrogen) atoms. The summed E-state index contributed by atoms with van der Waals surface area (Å²) < 4.78 is 32.4. The van der Waals surface area contributed by atoms with E-state index >= 15 is 0 Å². The lowest BCUT2D eigenvalue weighted by Crippen LogP contribution is -2.39. The number of hydrogen-bond acceptors (Lipinski definition) is 5. The number of nitrogens with two attached hydrogens (primary N) is 1. The van der Waals surface area contributed by atoms with Gasteiger partial charge in [-0.1, -0.05) is 6.92 Å². The van der Waals surface area contributed by atoms with Gasteiger partial charge in [-0.25, -0.2) is 13.1 Å². The summed E-state index contributed by atoms with van der Waals surface area (Å²) in [5.41, 5.74) is 5.48. The van der Waals surface area contributed by atoms with Gasteiger partial charge in [-0.3, -0.25) is 0 Å². The van der Waals surface area contributed by atoms with Crippen molar-refractivity contribution in [3.8, 4) is 0 Å². The molecule has 1 aromatic heterocycles. The maximum absolute atomic E-state index is 12.2. The van der Waals surface area contributed by atoms with E-state index in [4.69, 9.17) is 10.5 Å².